The molecule has 0 aromatic carbocycles. The first kappa shape index (κ1) is 14.2. The van der Waals surface area contributed by atoms with Crippen molar-refractivity contribution in [2.75, 3.05) is 0 Å². The average molecular weight is 414 g/mol. The quantitative estimate of drug-likeness (QED) is 0.697. The van der Waals surface area contributed by atoms with Crippen molar-refractivity contribution in [1.29, 1.82) is 0 Å². The molecule has 0 fully saturated rings. The van der Waals surface area contributed by atoms with Gasteiger partial charge in [0, 0.05) is 0 Å². The van der Waals surface area contributed by atoms with Crippen LogP contribution in [0, 0.1) is 0 Å². The molecule has 0 unspecified atom stereocenters. The van der Waals surface area contributed by atoms with Gasteiger partial charge in [-0.2, -0.15) is 0 Å². The van der Waals surface area contributed by atoms with E-state index in [1.54, 1.807) is 27.7 Å². The van der Waals surface area contributed by atoms with Crippen LogP contribution in [-0.4, -0.2) is 21.4 Å². The molecular formula is C8H14Cl2HgO2. The molecule has 0 bridgehead atoms. The van der Waals surface area contributed by atoms with E-state index in [9.17, 15) is 10.2 Å². The first-order valence-electron chi connectivity index (χ1n) is 4.01. The maximum atomic E-state index is 9.73. The van der Waals surface area contributed by atoms with Gasteiger partial charge >= 0.3 is 100 Å². The predicted octanol–water partition coefficient (Wildman–Crippen LogP) is 2.21. The van der Waals surface area contributed by atoms with Crippen LogP contribution >= 0.6 is 19.9 Å². The number of halogens is 2. The third-order valence-electron chi connectivity index (χ3n) is 1.67. The minimum atomic E-state index is -1.81. The molecule has 0 aliphatic carbocycles. The van der Waals surface area contributed by atoms with E-state index in [1.165, 1.54) is 0 Å². The Morgan fingerprint density at radius 1 is 1.08 bits per heavy atom. The van der Waals surface area contributed by atoms with E-state index in [-0.39, 0.29) is 0 Å². The molecule has 74 valence electrons. The maximum absolute atomic E-state index is 9.73. The van der Waals surface area contributed by atoms with Gasteiger partial charge in [0.05, 0.1) is 0 Å². The third kappa shape index (κ3) is 4.47. The zero-order valence-corrected chi connectivity index (χ0v) is 15.4. The normalized spacial score (nSPS) is 15.1. The van der Waals surface area contributed by atoms with Crippen LogP contribution in [0.25, 0.3) is 0 Å². The van der Waals surface area contributed by atoms with Gasteiger partial charge in [-0.25, -0.2) is 0 Å². The predicted molar refractivity (Wildman–Crippen MR) is 51.3 cm³/mol. The van der Waals surface area contributed by atoms with Crippen molar-refractivity contribution >= 4 is 19.9 Å². The van der Waals surface area contributed by atoms with Gasteiger partial charge in [-0.05, 0) is 0 Å². The van der Waals surface area contributed by atoms with E-state index < -0.39 is 34.5 Å². The van der Waals surface area contributed by atoms with E-state index in [4.69, 9.17) is 19.9 Å². The Morgan fingerprint density at radius 3 is 1.54 bits per heavy atom. The van der Waals surface area contributed by atoms with E-state index in [2.05, 4.69) is 0 Å². The van der Waals surface area contributed by atoms with E-state index in [1.807, 2.05) is 0 Å². The van der Waals surface area contributed by atoms with Gasteiger partial charge in [0.15, 0.2) is 0 Å². The molecule has 0 amide bonds. The first-order chi connectivity index (χ1) is 5.60. The Labute approximate surface area is 99.8 Å². The summed E-state index contributed by atoms with van der Waals surface area (Å²) in [6, 6.07) is 0. The van der Waals surface area contributed by atoms with Crippen molar-refractivity contribution in [3.63, 3.8) is 0 Å². The van der Waals surface area contributed by atoms with Crippen molar-refractivity contribution in [2.45, 2.75) is 38.9 Å². The van der Waals surface area contributed by atoms with Crippen LogP contribution in [0.5, 0.6) is 0 Å². The molecule has 0 atom stereocenters. The third-order valence-corrected chi connectivity index (χ3v) is 11.4. The van der Waals surface area contributed by atoms with Crippen molar-refractivity contribution in [2.24, 2.45) is 0 Å². The second-order valence-corrected chi connectivity index (χ2v) is 10.6. The summed E-state index contributed by atoms with van der Waals surface area (Å²) in [6.45, 7) is 6.45. The molecule has 0 saturated heterocycles. The molecule has 0 saturated carbocycles. The number of hydrogen-bond acceptors (Lipinski definition) is 2. The summed E-state index contributed by atoms with van der Waals surface area (Å²) < 4.78 is 0.670. The molecule has 2 nitrogen and oxygen atoms in total. The van der Waals surface area contributed by atoms with Gasteiger partial charge in [-0.3, -0.25) is 0 Å². The van der Waals surface area contributed by atoms with Crippen LogP contribution in [0.1, 0.15) is 27.7 Å². The number of aliphatic hydroxyl groups is 2. The monoisotopic (exact) mass is 414 g/mol. The Balaban J connectivity index is 5.16. The Kier molecular flexibility index (Phi) is 5.23. The topological polar surface area (TPSA) is 40.5 Å². The number of rotatable bonds is 3. The van der Waals surface area contributed by atoms with Crippen LogP contribution in [0.2, 0.25) is 0 Å². The van der Waals surface area contributed by atoms with Crippen molar-refractivity contribution < 1.29 is 33.6 Å². The number of hydrogen-bond donors (Lipinski definition) is 2. The summed E-state index contributed by atoms with van der Waals surface area (Å²) in [6.07, 6.45) is 0. The van der Waals surface area contributed by atoms with Gasteiger partial charge in [0.2, 0.25) is 0 Å². The van der Waals surface area contributed by atoms with Gasteiger partial charge < -0.3 is 0 Å². The molecule has 0 spiro atoms. The van der Waals surface area contributed by atoms with E-state index >= 15 is 0 Å². The summed E-state index contributed by atoms with van der Waals surface area (Å²) in [5, 5.41) is 19.7. The molecule has 5 heteroatoms. The van der Waals surface area contributed by atoms with Crippen LogP contribution < -0.4 is 0 Å². The SMILES string of the molecule is CC(C)(O)/C(Cl)=[C](\[Hg][Cl])C(C)(C)O. The molecule has 0 aliphatic rings. The van der Waals surface area contributed by atoms with Crippen LogP contribution in [-0.2, 0) is 23.3 Å². The second-order valence-electron chi connectivity index (χ2n) is 4.04. The molecular weight excluding hydrogens is 400 g/mol. The Hall–Kier alpha value is 1.18. The summed E-state index contributed by atoms with van der Waals surface area (Å²) in [7, 11) is 5.86. The summed E-state index contributed by atoms with van der Waals surface area (Å²) in [4.78, 5) is 0. The molecule has 0 heterocycles. The fourth-order valence-corrected chi connectivity index (χ4v) is 9.73. The fourth-order valence-electron chi connectivity index (χ4n) is 0.860. The van der Waals surface area contributed by atoms with Gasteiger partial charge in [0.1, 0.15) is 0 Å². The van der Waals surface area contributed by atoms with Gasteiger partial charge in [-0.15, -0.1) is 0 Å². The van der Waals surface area contributed by atoms with Crippen LogP contribution in [0.15, 0.2) is 8.11 Å². The minimum absolute atomic E-state index is 0.302. The van der Waals surface area contributed by atoms with Crippen LogP contribution in [0.3, 0.4) is 0 Å². The molecule has 2 N–H and O–H groups in total. The van der Waals surface area contributed by atoms with Gasteiger partial charge in [-0.1, -0.05) is 0 Å². The molecule has 0 radical (unpaired) electrons. The molecule has 0 aromatic heterocycles. The van der Waals surface area contributed by atoms with Crippen molar-refractivity contribution in [1.82, 2.24) is 0 Å². The first-order valence-corrected chi connectivity index (χ1v) is 13.9. The zero-order valence-electron chi connectivity index (χ0n) is 8.36. The second kappa shape index (κ2) is 4.80. The Bertz CT molecular complexity index is 213. The van der Waals surface area contributed by atoms with Crippen molar-refractivity contribution in [3.8, 4) is 0 Å². The van der Waals surface area contributed by atoms with E-state index in [0.29, 0.717) is 8.11 Å². The summed E-state index contributed by atoms with van der Waals surface area (Å²) >= 11 is 4.14. The molecule has 13 heavy (non-hydrogen) atoms. The van der Waals surface area contributed by atoms with Crippen molar-refractivity contribution in [3.05, 3.63) is 8.11 Å². The fraction of sp³-hybridized carbons (Fsp3) is 0.750. The van der Waals surface area contributed by atoms with Gasteiger partial charge in [0.25, 0.3) is 0 Å². The summed E-state index contributed by atoms with van der Waals surface area (Å²) in [5.74, 6) is 0. The van der Waals surface area contributed by atoms with E-state index in [0.717, 1.165) is 0 Å². The standard InChI is InChI=1S/C8H14ClO2.ClH.Hg/c1-7(2,10)5-6(9)8(3,4)11;;/h10-11H,1-4H3;1H;/q;;+1/p-1. The molecule has 0 aromatic rings. The summed E-state index contributed by atoms with van der Waals surface area (Å²) in [5.41, 5.74) is -2.10. The molecule has 0 aliphatic heterocycles. The van der Waals surface area contributed by atoms with Crippen LogP contribution in [0.4, 0.5) is 0 Å². The molecule has 0 rings (SSSR count). The Morgan fingerprint density at radius 2 is 1.46 bits per heavy atom. The zero-order chi connectivity index (χ0) is 10.9. The average Bonchev–Trinajstić information content (AvgIpc) is 1.83.